The third-order valence-corrected chi connectivity index (χ3v) is 3.48. The van der Waals surface area contributed by atoms with Gasteiger partial charge < -0.3 is 15.3 Å². The van der Waals surface area contributed by atoms with Crippen molar-refractivity contribution in [2.75, 3.05) is 26.2 Å². The van der Waals surface area contributed by atoms with Crippen molar-refractivity contribution >= 4 is 5.91 Å². The van der Waals surface area contributed by atoms with Crippen LogP contribution in [0.1, 0.15) is 46.0 Å². The SMILES string of the molecule is CC(C)CC(CO)NCC(=O)N1CCCCCC1. The number of aliphatic hydroxyl groups excluding tert-OH is 1. The van der Waals surface area contributed by atoms with Gasteiger partial charge in [-0.3, -0.25) is 4.79 Å². The van der Waals surface area contributed by atoms with Crippen molar-refractivity contribution in [3.63, 3.8) is 0 Å². The van der Waals surface area contributed by atoms with Crippen LogP contribution >= 0.6 is 0 Å². The molecule has 1 amide bonds. The van der Waals surface area contributed by atoms with Crippen LogP contribution in [0.4, 0.5) is 0 Å². The quantitative estimate of drug-likeness (QED) is 0.755. The minimum Gasteiger partial charge on any atom is -0.395 e. The molecule has 1 saturated heterocycles. The molecule has 0 aromatic rings. The number of rotatable bonds is 6. The Balaban J connectivity index is 2.29. The fourth-order valence-electron chi connectivity index (χ4n) is 2.45. The number of aliphatic hydroxyl groups is 1. The highest BCUT2D eigenvalue weighted by molar-refractivity contribution is 5.78. The average molecular weight is 256 g/mol. The zero-order valence-electron chi connectivity index (χ0n) is 11.8. The van der Waals surface area contributed by atoms with Crippen LogP contribution in [0.5, 0.6) is 0 Å². The molecule has 0 bridgehead atoms. The number of hydrogen-bond acceptors (Lipinski definition) is 3. The van der Waals surface area contributed by atoms with Gasteiger partial charge in [-0.05, 0) is 25.2 Å². The molecule has 1 unspecified atom stereocenters. The largest absolute Gasteiger partial charge is 0.395 e. The van der Waals surface area contributed by atoms with Gasteiger partial charge in [0.2, 0.25) is 5.91 Å². The zero-order chi connectivity index (χ0) is 13.4. The van der Waals surface area contributed by atoms with Crippen LogP contribution in [-0.4, -0.2) is 48.2 Å². The van der Waals surface area contributed by atoms with Gasteiger partial charge in [0, 0.05) is 19.1 Å². The Bertz CT molecular complexity index is 236. The number of amides is 1. The Morgan fingerprint density at radius 2 is 1.83 bits per heavy atom. The molecule has 1 fully saturated rings. The maximum atomic E-state index is 12.0. The molecule has 4 nitrogen and oxygen atoms in total. The first-order chi connectivity index (χ1) is 8.63. The normalized spacial score (nSPS) is 18.8. The Kier molecular flexibility index (Phi) is 7.28. The second-order valence-electron chi connectivity index (χ2n) is 5.68. The van der Waals surface area contributed by atoms with E-state index in [9.17, 15) is 9.90 Å². The van der Waals surface area contributed by atoms with E-state index in [4.69, 9.17) is 0 Å². The van der Waals surface area contributed by atoms with Crippen molar-refractivity contribution < 1.29 is 9.90 Å². The molecule has 0 aromatic carbocycles. The number of nitrogens with one attached hydrogen (secondary N) is 1. The molecular weight excluding hydrogens is 228 g/mol. The maximum Gasteiger partial charge on any atom is 0.236 e. The summed E-state index contributed by atoms with van der Waals surface area (Å²) in [5, 5.41) is 12.4. The van der Waals surface area contributed by atoms with Crippen LogP contribution < -0.4 is 5.32 Å². The first kappa shape index (κ1) is 15.4. The van der Waals surface area contributed by atoms with E-state index >= 15 is 0 Å². The fourth-order valence-corrected chi connectivity index (χ4v) is 2.45. The smallest absolute Gasteiger partial charge is 0.236 e. The predicted octanol–water partition coefficient (Wildman–Crippen LogP) is 1.39. The maximum absolute atomic E-state index is 12.0. The fraction of sp³-hybridized carbons (Fsp3) is 0.929. The van der Waals surface area contributed by atoms with E-state index in [0.717, 1.165) is 32.4 Å². The molecule has 4 heteroatoms. The monoisotopic (exact) mass is 256 g/mol. The second-order valence-corrected chi connectivity index (χ2v) is 5.68. The van der Waals surface area contributed by atoms with Crippen molar-refractivity contribution in [3.05, 3.63) is 0 Å². The van der Waals surface area contributed by atoms with Gasteiger partial charge in [0.05, 0.1) is 13.2 Å². The molecule has 1 aliphatic heterocycles. The summed E-state index contributed by atoms with van der Waals surface area (Å²) in [6.45, 7) is 6.51. The lowest BCUT2D eigenvalue weighted by Crippen LogP contribution is -2.43. The molecule has 18 heavy (non-hydrogen) atoms. The third kappa shape index (κ3) is 5.83. The van der Waals surface area contributed by atoms with E-state index in [2.05, 4.69) is 19.2 Å². The first-order valence-electron chi connectivity index (χ1n) is 7.25. The molecule has 0 radical (unpaired) electrons. The van der Waals surface area contributed by atoms with Crippen LogP contribution in [0, 0.1) is 5.92 Å². The minimum atomic E-state index is 0.0425. The molecule has 0 spiro atoms. The molecule has 106 valence electrons. The summed E-state index contributed by atoms with van der Waals surface area (Å²) in [7, 11) is 0. The molecule has 0 saturated carbocycles. The first-order valence-corrected chi connectivity index (χ1v) is 7.25. The van der Waals surface area contributed by atoms with Crippen LogP contribution in [-0.2, 0) is 4.79 Å². The standard InChI is InChI=1S/C14H28N2O2/c1-12(2)9-13(11-17)15-10-14(18)16-7-5-3-4-6-8-16/h12-13,15,17H,3-11H2,1-2H3. The van der Waals surface area contributed by atoms with E-state index in [-0.39, 0.29) is 18.6 Å². The highest BCUT2D eigenvalue weighted by atomic mass is 16.3. The zero-order valence-corrected chi connectivity index (χ0v) is 11.8. The summed E-state index contributed by atoms with van der Waals surface area (Å²) in [6, 6.07) is 0.0425. The molecule has 0 aromatic heterocycles. The Labute approximate surface area is 111 Å². The minimum absolute atomic E-state index is 0.0425. The predicted molar refractivity (Wildman–Crippen MR) is 73.4 cm³/mol. The average Bonchev–Trinajstić information content (AvgIpc) is 2.62. The molecule has 2 N–H and O–H groups in total. The number of carbonyl (C=O) groups excluding carboxylic acids is 1. The van der Waals surface area contributed by atoms with Crippen LogP contribution in [0.2, 0.25) is 0 Å². The van der Waals surface area contributed by atoms with Gasteiger partial charge >= 0.3 is 0 Å². The Hall–Kier alpha value is -0.610. The number of likely N-dealkylation sites (tertiary alicyclic amines) is 1. The van der Waals surface area contributed by atoms with Gasteiger partial charge in [0.15, 0.2) is 0 Å². The van der Waals surface area contributed by atoms with Crippen molar-refractivity contribution in [1.82, 2.24) is 10.2 Å². The summed E-state index contributed by atoms with van der Waals surface area (Å²) >= 11 is 0. The van der Waals surface area contributed by atoms with Gasteiger partial charge in [-0.15, -0.1) is 0 Å². The molecular formula is C14H28N2O2. The van der Waals surface area contributed by atoms with Crippen molar-refractivity contribution in [2.45, 2.75) is 52.0 Å². The van der Waals surface area contributed by atoms with Gasteiger partial charge in [-0.2, -0.15) is 0 Å². The lowest BCUT2D eigenvalue weighted by molar-refractivity contribution is -0.130. The number of carbonyl (C=O) groups is 1. The van der Waals surface area contributed by atoms with Crippen molar-refractivity contribution in [1.29, 1.82) is 0 Å². The highest BCUT2D eigenvalue weighted by Crippen LogP contribution is 2.09. The Morgan fingerprint density at radius 3 is 2.33 bits per heavy atom. The summed E-state index contributed by atoms with van der Waals surface area (Å²) in [5.74, 6) is 0.710. The summed E-state index contributed by atoms with van der Waals surface area (Å²) in [6.07, 6.45) is 5.64. The van der Waals surface area contributed by atoms with Crippen molar-refractivity contribution in [3.8, 4) is 0 Å². The summed E-state index contributed by atoms with van der Waals surface area (Å²) in [4.78, 5) is 14.0. The second kappa shape index (κ2) is 8.48. The number of nitrogens with zero attached hydrogens (tertiary/aromatic N) is 1. The van der Waals surface area contributed by atoms with Crippen LogP contribution in [0.3, 0.4) is 0 Å². The van der Waals surface area contributed by atoms with Gasteiger partial charge in [0.25, 0.3) is 0 Å². The van der Waals surface area contributed by atoms with E-state index in [1.807, 2.05) is 4.90 Å². The van der Waals surface area contributed by atoms with E-state index < -0.39 is 0 Å². The Morgan fingerprint density at radius 1 is 1.22 bits per heavy atom. The molecule has 1 rings (SSSR count). The van der Waals surface area contributed by atoms with Crippen LogP contribution in [0.15, 0.2) is 0 Å². The topological polar surface area (TPSA) is 52.6 Å². The lowest BCUT2D eigenvalue weighted by Gasteiger charge is -2.23. The van der Waals surface area contributed by atoms with Crippen LogP contribution in [0.25, 0.3) is 0 Å². The molecule has 1 atom stereocenters. The third-order valence-electron chi connectivity index (χ3n) is 3.48. The van der Waals surface area contributed by atoms with Gasteiger partial charge in [-0.1, -0.05) is 26.7 Å². The van der Waals surface area contributed by atoms with E-state index in [1.54, 1.807) is 0 Å². The van der Waals surface area contributed by atoms with E-state index in [0.29, 0.717) is 12.5 Å². The molecule has 1 heterocycles. The lowest BCUT2D eigenvalue weighted by atomic mass is 10.0. The highest BCUT2D eigenvalue weighted by Gasteiger charge is 2.17. The van der Waals surface area contributed by atoms with E-state index in [1.165, 1.54) is 12.8 Å². The summed E-state index contributed by atoms with van der Waals surface area (Å²) < 4.78 is 0. The van der Waals surface area contributed by atoms with Crippen molar-refractivity contribution in [2.24, 2.45) is 5.92 Å². The summed E-state index contributed by atoms with van der Waals surface area (Å²) in [5.41, 5.74) is 0. The van der Waals surface area contributed by atoms with Gasteiger partial charge in [0.1, 0.15) is 0 Å². The molecule has 0 aliphatic carbocycles. The molecule has 1 aliphatic rings. The number of hydrogen-bond donors (Lipinski definition) is 2. The van der Waals surface area contributed by atoms with Gasteiger partial charge in [-0.25, -0.2) is 0 Å².